The van der Waals surface area contributed by atoms with Crippen LogP contribution in [0, 0.1) is 6.92 Å². The molecule has 0 bridgehead atoms. The smallest absolute Gasteiger partial charge is 0.263 e. The lowest BCUT2D eigenvalue weighted by molar-refractivity contribution is -0.122. The van der Waals surface area contributed by atoms with Crippen LogP contribution in [-0.4, -0.2) is 42.1 Å². The first-order valence-corrected chi connectivity index (χ1v) is 9.34. The molecule has 146 valence electrons. The summed E-state index contributed by atoms with van der Waals surface area (Å²) in [6, 6.07) is 9.42. The SMILES string of the molecule is CCCCn1nc(C)c(/C=N\NC(=O)Cn2nnc(-c3ccccc3)n2)c1Cl. The highest BCUT2D eigenvalue weighted by molar-refractivity contribution is 6.32. The van der Waals surface area contributed by atoms with E-state index in [2.05, 4.69) is 38.0 Å². The van der Waals surface area contributed by atoms with Crippen LogP contribution in [-0.2, 0) is 17.9 Å². The Morgan fingerprint density at radius 1 is 1.29 bits per heavy atom. The summed E-state index contributed by atoms with van der Waals surface area (Å²) in [6.45, 7) is 4.61. The second-order valence-corrected chi connectivity index (χ2v) is 6.53. The summed E-state index contributed by atoms with van der Waals surface area (Å²) in [4.78, 5) is 13.3. The Bertz CT molecular complexity index is 963. The number of amides is 1. The molecule has 1 aromatic carbocycles. The molecule has 10 heteroatoms. The molecule has 0 spiro atoms. The monoisotopic (exact) mass is 400 g/mol. The number of hydrazone groups is 1. The van der Waals surface area contributed by atoms with E-state index < -0.39 is 0 Å². The molecular weight excluding hydrogens is 380 g/mol. The molecule has 2 aromatic heterocycles. The topological polar surface area (TPSA) is 103 Å². The molecular formula is C18H21ClN8O. The molecule has 2 heterocycles. The van der Waals surface area contributed by atoms with Crippen LogP contribution in [0.1, 0.15) is 31.0 Å². The molecule has 0 radical (unpaired) electrons. The third kappa shape index (κ3) is 4.80. The van der Waals surface area contributed by atoms with Gasteiger partial charge in [-0.25, -0.2) is 5.43 Å². The van der Waals surface area contributed by atoms with E-state index in [9.17, 15) is 4.79 Å². The van der Waals surface area contributed by atoms with Gasteiger partial charge in [0.05, 0.1) is 17.5 Å². The van der Waals surface area contributed by atoms with Crippen molar-refractivity contribution in [2.75, 3.05) is 0 Å². The zero-order chi connectivity index (χ0) is 19.9. The molecule has 1 amide bonds. The maximum Gasteiger partial charge on any atom is 0.263 e. The molecule has 28 heavy (non-hydrogen) atoms. The summed E-state index contributed by atoms with van der Waals surface area (Å²) < 4.78 is 1.74. The van der Waals surface area contributed by atoms with Gasteiger partial charge >= 0.3 is 0 Å². The third-order valence-corrected chi connectivity index (χ3v) is 4.38. The zero-order valence-corrected chi connectivity index (χ0v) is 16.5. The van der Waals surface area contributed by atoms with Crippen molar-refractivity contribution in [3.8, 4) is 11.4 Å². The minimum atomic E-state index is -0.375. The number of carbonyl (C=O) groups is 1. The maximum atomic E-state index is 12.1. The number of halogens is 1. The van der Waals surface area contributed by atoms with Crippen LogP contribution in [0.4, 0.5) is 0 Å². The summed E-state index contributed by atoms with van der Waals surface area (Å²) in [5, 5.41) is 20.9. The Hall–Kier alpha value is -3.07. The third-order valence-electron chi connectivity index (χ3n) is 3.99. The highest BCUT2D eigenvalue weighted by atomic mass is 35.5. The van der Waals surface area contributed by atoms with E-state index in [-0.39, 0.29) is 12.5 Å². The van der Waals surface area contributed by atoms with Gasteiger partial charge < -0.3 is 0 Å². The van der Waals surface area contributed by atoms with Gasteiger partial charge in [0.15, 0.2) is 0 Å². The van der Waals surface area contributed by atoms with Crippen molar-refractivity contribution < 1.29 is 4.79 Å². The molecule has 0 atom stereocenters. The number of aryl methyl sites for hydroxylation is 2. The predicted molar refractivity (Wildman–Crippen MR) is 106 cm³/mol. The number of nitrogens with one attached hydrogen (secondary N) is 1. The van der Waals surface area contributed by atoms with Crippen LogP contribution < -0.4 is 5.43 Å². The molecule has 1 N–H and O–H groups in total. The van der Waals surface area contributed by atoms with Gasteiger partial charge in [0.2, 0.25) is 5.82 Å². The number of rotatable bonds is 8. The highest BCUT2D eigenvalue weighted by Crippen LogP contribution is 2.18. The number of hydrogen-bond donors (Lipinski definition) is 1. The average molecular weight is 401 g/mol. The molecule has 0 saturated heterocycles. The van der Waals surface area contributed by atoms with E-state index in [1.165, 1.54) is 11.0 Å². The molecule has 9 nitrogen and oxygen atoms in total. The second-order valence-electron chi connectivity index (χ2n) is 6.17. The van der Waals surface area contributed by atoms with Crippen molar-refractivity contribution in [2.24, 2.45) is 5.10 Å². The molecule has 0 saturated carbocycles. The lowest BCUT2D eigenvalue weighted by atomic mass is 10.2. The minimum Gasteiger partial charge on any atom is -0.271 e. The lowest BCUT2D eigenvalue weighted by Crippen LogP contribution is -2.24. The number of tetrazole rings is 1. The Morgan fingerprint density at radius 3 is 2.82 bits per heavy atom. The van der Waals surface area contributed by atoms with Gasteiger partial charge in [0.25, 0.3) is 5.91 Å². The molecule has 0 aliphatic carbocycles. The Kier molecular flexibility index (Phi) is 6.49. The molecule has 0 unspecified atom stereocenters. The van der Waals surface area contributed by atoms with Gasteiger partial charge in [-0.2, -0.15) is 15.0 Å². The largest absolute Gasteiger partial charge is 0.271 e. The van der Waals surface area contributed by atoms with Gasteiger partial charge in [0.1, 0.15) is 11.7 Å². The molecule has 3 rings (SSSR count). The molecule has 0 aliphatic rings. The Balaban J connectivity index is 1.58. The fraction of sp³-hybridized carbons (Fsp3) is 0.333. The minimum absolute atomic E-state index is 0.0976. The number of unbranched alkanes of at least 4 members (excludes halogenated alkanes) is 1. The predicted octanol–water partition coefficient (Wildman–Crippen LogP) is 2.45. The first kappa shape index (κ1) is 19.7. The van der Waals surface area contributed by atoms with Crippen molar-refractivity contribution in [1.82, 2.24) is 35.4 Å². The van der Waals surface area contributed by atoms with Gasteiger partial charge in [0, 0.05) is 12.1 Å². The average Bonchev–Trinajstić information content (AvgIpc) is 3.26. The second kappa shape index (κ2) is 9.23. The van der Waals surface area contributed by atoms with Gasteiger partial charge in [-0.15, -0.1) is 10.2 Å². The molecule has 3 aromatic rings. The van der Waals surface area contributed by atoms with E-state index in [0.717, 1.165) is 30.6 Å². The molecule has 0 fully saturated rings. The van der Waals surface area contributed by atoms with Crippen LogP contribution >= 0.6 is 11.6 Å². The lowest BCUT2D eigenvalue weighted by Gasteiger charge is -2.00. The zero-order valence-electron chi connectivity index (χ0n) is 15.7. The number of benzene rings is 1. The first-order valence-electron chi connectivity index (χ1n) is 8.96. The summed E-state index contributed by atoms with van der Waals surface area (Å²) in [5.74, 6) is 0.0826. The van der Waals surface area contributed by atoms with Crippen LogP contribution in [0.2, 0.25) is 5.15 Å². The summed E-state index contributed by atoms with van der Waals surface area (Å²) in [5.41, 5.74) is 4.71. The van der Waals surface area contributed by atoms with Crippen molar-refractivity contribution in [3.63, 3.8) is 0 Å². The van der Waals surface area contributed by atoms with Crippen molar-refractivity contribution in [1.29, 1.82) is 0 Å². The standard InChI is InChI=1S/C18H21ClN8O/c1-3-4-10-26-17(19)15(13(2)23-26)11-20-21-16(28)12-27-24-18(22-25-27)14-8-6-5-7-9-14/h5-9,11H,3-4,10,12H2,1-2H3,(H,21,28)/b20-11-. The van der Waals surface area contributed by atoms with E-state index in [4.69, 9.17) is 11.6 Å². The summed E-state index contributed by atoms with van der Waals surface area (Å²) >= 11 is 6.34. The fourth-order valence-corrected chi connectivity index (χ4v) is 2.82. The van der Waals surface area contributed by atoms with Gasteiger partial charge in [-0.3, -0.25) is 9.48 Å². The van der Waals surface area contributed by atoms with E-state index in [1.807, 2.05) is 37.3 Å². The highest BCUT2D eigenvalue weighted by Gasteiger charge is 2.12. The quantitative estimate of drug-likeness (QED) is 0.462. The van der Waals surface area contributed by atoms with Crippen LogP contribution in [0.25, 0.3) is 11.4 Å². The van der Waals surface area contributed by atoms with E-state index in [1.54, 1.807) is 4.68 Å². The van der Waals surface area contributed by atoms with Crippen LogP contribution in [0.5, 0.6) is 0 Å². The van der Waals surface area contributed by atoms with Crippen LogP contribution in [0.3, 0.4) is 0 Å². The Labute approximate surface area is 167 Å². The number of carbonyl (C=O) groups excluding carboxylic acids is 1. The maximum absolute atomic E-state index is 12.1. The van der Waals surface area contributed by atoms with E-state index >= 15 is 0 Å². The van der Waals surface area contributed by atoms with Crippen LogP contribution in [0.15, 0.2) is 35.4 Å². The normalized spacial score (nSPS) is 11.2. The van der Waals surface area contributed by atoms with Crippen molar-refractivity contribution >= 4 is 23.7 Å². The van der Waals surface area contributed by atoms with E-state index in [0.29, 0.717) is 16.5 Å². The number of hydrogen-bond acceptors (Lipinski definition) is 6. The van der Waals surface area contributed by atoms with Crippen molar-refractivity contribution in [3.05, 3.63) is 46.7 Å². The number of nitrogens with zero attached hydrogens (tertiary/aromatic N) is 7. The number of aromatic nitrogens is 6. The summed E-state index contributed by atoms with van der Waals surface area (Å²) in [7, 11) is 0. The first-order chi connectivity index (χ1) is 13.6. The summed E-state index contributed by atoms with van der Waals surface area (Å²) in [6.07, 6.45) is 3.54. The van der Waals surface area contributed by atoms with Gasteiger partial charge in [-0.1, -0.05) is 55.3 Å². The molecule has 0 aliphatic heterocycles. The Morgan fingerprint density at radius 2 is 2.07 bits per heavy atom. The van der Waals surface area contributed by atoms with Gasteiger partial charge in [-0.05, 0) is 18.6 Å². The fourth-order valence-electron chi connectivity index (χ4n) is 2.52. The van der Waals surface area contributed by atoms with Crippen molar-refractivity contribution in [2.45, 2.75) is 39.8 Å².